The predicted octanol–water partition coefficient (Wildman–Crippen LogP) is 3.61. The van der Waals surface area contributed by atoms with Crippen LogP contribution in [-0.4, -0.2) is 64.1 Å². The van der Waals surface area contributed by atoms with E-state index in [0.717, 1.165) is 5.69 Å². The molecule has 0 saturated carbocycles. The maximum absolute atomic E-state index is 13.1. The Bertz CT molecular complexity index is 1050. The maximum Gasteiger partial charge on any atom is 0.265 e. The van der Waals surface area contributed by atoms with E-state index in [2.05, 4.69) is 10.2 Å². The molecule has 1 amide bonds. The molecule has 2 aromatic carbocycles. The van der Waals surface area contributed by atoms with Crippen LogP contribution in [-0.2, 0) is 19.6 Å². The predicted molar refractivity (Wildman–Crippen MR) is 130 cm³/mol. The van der Waals surface area contributed by atoms with E-state index in [9.17, 15) is 13.2 Å². The lowest BCUT2D eigenvalue weighted by atomic mass is 10.2. The van der Waals surface area contributed by atoms with E-state index in [4.69, 9.17) is 21.1 Å². The highest BCUT2D eigenvalue weighted by molar-refractivity contribution is 7.89. The summed E-state index contributed by atoms with van der Waals surface area (Å²) in [5.74, 6) is 0.116. The van der Waals surface area contributed by atoms with Gasteiger partial charge in [0.05, 0.1) is 29.5 Å². The van der Waals surface area contributed by atoms with Gasteiger partial charge in [-0.2, -0.15) is 4.31 Å². The summed E-state index contributed by atoms with van der Waals surface area (Å²) in [7, 11) is -3.68. The topological polar surface area (TPSA) is 88.2 Å². The number of halogens is 1. The molecule has 1 aliphatic heterocycles. The van der Waals surface area contributed by atoms with E-state index in [1.54, 1.807) is 57.2 Å². The number of carbonyl (C=O) groups excluding carboxylic acids is 1. The zero-order valence-electron chi connectivity index (χ0n) is 19.1. The third-order valence-corrected chi connectivity index (χ3v) is 7.71. The minimum atomic E-state index is -3.68. The Morgan fingerprint density at radius 3 is 2.39 bits per heavy atom. The van der Waals surface area contributed by atoms with Crippen LogP contribution in [0.5, 0.6) is 5.75 Å². The lowest BCUT2D eigenvalue weighted by molar-refractivity contribution is -0.122. The van der Waals surface area contributed by atoms with Crippen LogP contribution in [0.15, 0.2) is 47.4 Å². The molecule has 0 radical (unpaired) electrons. The smallest absolute Gasteiger partial charge is 0.265 e. The van der Waals surface area contributed by atoms with Gasteiger partial charge in [0.15, 0.2) is 6.10 Å². The van der Waals surface area contributed by atoms with Crippen molar-refractivity contribution in [3.63, 3.8) is 0 Å². The van der Waals surface area contributed by atoms with Crippen molar-refractivity contribution in [3.05, 3.63) is 47.5 Å². The largest absolute Gasteiger partial charge is 0.481 e. The van der Waals surface area contributed by atoms with E-state index < -0.39 is 22.0 Å². The summed E-state index contributed by atoms with van der Waals surface area (Å²) in [6.45, 7) is 8.34. The molecule has 8 nitrogen and oxygen atoms in total. The fourth-order valence-electron chi connectivity index (χ4n) is 3.57. The Morgan fingerprint density at radius 1 is 1.15 bits per heavy atom. The van der Waals surface area contributed by atoms with Crippen molar-refractivity contribution >= 4 is 38.9 Å². The van der Waals surface area contributed by atoms with Gasteiger partial charge in [-0.25, -0.2) is 8.42 Å². The van der Waals surface area contributed by atoms with E-state index in [0.29, 0.717) is 55.9 Å². The molecule has 0 aromatic heterocycles. The number of ether oxygens (including phenoxy) is 2. The van der Waals surface area contributed by atoms with Crippen LogP contribution in [0.4, 0.5) is 11.4 Å². The van der Waals surface area contributed by atoms with Gasteiger partial charge in [-0.05, 0) is 49.4 Å². The Labute approximate surface area is 200 Å². The molecular weight excluding hydrogens is 466 g/mol. The fourth-order valence-corrected chi connectivity index (χ4v) is 5.18. The van der Waals surface area contributed by atoms with Gasteiger partial charge < -0.3 is 19.7 Å². The van der Waals surface area contributed by atoms with Crippen molar-refractivity contribution in [1.29, 1.82) is 0 Å². The van der Waals surface area contributed by atoms with E-state index >= 15 is 0 Å². The number of hydrogen-bond acceptors (Lipinski definition) is 6. The molecule has 1 fully saturated rings. The van der Waals surface area contributed by atoms with Crippen LogP contribution >= 0.6 is 11.6 Å². The fraction of sp³-hybridized carbons (Fsp3) is 0.435. The molecule has 1 N–H and O–H groups in total. The summed E-state index contributed by atoms with van der Waals surface area (Å²) in [6, 6.07) is 11.6. The van der Waals surface area contributed by atoms with Crippen molar-refractivity contribution in [2.75, 3.05) is 49.6 Å². The summed E-state index contributed by atoms with van der Waals surface area (Å²) < 4.78 is 38.7. The lowest BCUT2D eigenvalue weighted by Crippen LogP contribution is -2.37. The number of rotatable bonds is 9. The first-order chi connectivity index (χ1) is 15.8. The molecule has 2 aromatic rings. The molecule has 33 heavy (non-hydrogen) atoms. The molecule has 0 aliphatic carbocycles. The van der Waals surface area contributed by atoms with Crippen LogP contribution in [0, 0.1) is 0 Å². The highest BCUT2D eigenvalue weighted by Crippen LogP contribution is 2.31. The standard InChI is InChI=1S/C23H30ClN3O5S/c1-4-27(5-2)33(29,30)20-10-11-22(26-12-14-31-15-13-26)21(16-20)25-23(28)17(3)32-19-8-6-18(24)7-9-19/h6-11,16-17H,4-5,12-15H2,1-3H3,(H,25,28). The zero-order valence-corrected chi connectivity index (χ0v) is 20.7. The number of nitrogens with one attached hydrogen (secondary N) is 1. The number of amides is 1. The summed E-state index contributed by atoms with van der Waals surface area (Å²) in [5, 5.41) is 3.44. The number of hydrogen-bond donors (Lipinski definition) is 1. The van der Waals surface area contributed by atoms with Gasteiger partial charge in [-0.3, -0.25) is 4.79 Å². The molecule has 0 bridgehead atoms. The summed E-state index contributed by atoms with van der Waals surface area (Å²) in [4.78, 5) is 15.2. The van der Waals surface area contributed by atoms with Crippen LogP contribution in [0.1, 0.15) is 20.8 Å². The minimum Gasteiger partial charge on any atom is -0.481 e. The number of sulfonamides is 1. The highest BCUT2D eigenvalue weighted by Gasteiger charge is 2.25. The van der Waals surface area contributed by atoms with Gasteiger partial charge in [-0.1, -0.05) is 25.4 Å². The van der Waals surface area contributed by atoms with Crippen LogP contribution in [0.3, 0.4) is 0 Å². The average molecular weight is 496 g/mol. The zero-order chi connectivity index (χ0) is 24.0. The first kappa shape index (κ1) is 25.3. The monoisotopic (exact) mass is 495 g/mol. The van der Waals surface area contributed by atoms with Gasteiger partial charge >= 0.3 is 0 Å². The van der Waals surface area contributed by atoms with Gasteiger partial charge in [-0.15, -0.1) is 0 Å². The van der Waals surface area contributed by atoms with Crippen LogP contribution in [0.2, 0.25) is 5.02 Å². The molecule has 0 spiro atoms. The van der Waals surface area contributed by atoms with Crippen molar-refractivity contribution in [2.24, 2.45) is 0 Å². The third-order valence-electron chi connectivity index (χ3n) is 5.42. The molecule has 180 valence electrons. The maximum atomic E-state index is 13.1. The Balaban J connectivity index is 1.89. The van der Waals surface area contributed by atoms with Gasteiger partial charge in [0.1, 0.15) is 5.75 Å². The summed E-state index contributed by atoms with van der Waals surface area (Å²) in [5.41, 5.74) is 1.16. The second-order valence-corrected chi connectivity index (χ2v) is 9.95. The van der Waals surface area contributed by atoms with E-state index in [1.165, 1.54) is 10.4 Å². The molecule has 1 heterocycles. The Kier molecular flexibility index (Phi) is 8.58. The van der Waals surface area contributed by atoms with Crippen LogP contribution in [0.25, 0.3) is 0 Å². The first-order valence-electron chi connectivity index (χ1n) is 11.0. The molecule has 10 heteroatoms. The highest BCUT2D eigenvalue weighted by atomic mass is 35.5. The molecule has 3 rings (SSSR count). The van der Waals surface area contributed by atoms with Gasteiger partial charge in [0.25, 0.3) is 5.91 Å². The number of carbonyl (C=O) groups is 1. The number of anilines is 2. The SMILES string of the molecule is CCN(CC)S(=O)(=O)c1ccc(N2CCOCC2)c(NC(=O)C(C)Oc2ccc(Cl)cc2)c1. The molecule has 1 unspecified atom stereocenters. The first-order valence-corrected chi connectivity index (χ1v) is 12.8. The van der Waals surface area contributed by atoms with Crippen molar-refractivity contribution < 1.29 is 22.7 Å². The van der Waals surface area contributed by atoms with Crippen molar-refractivity contribution in [1.82, 2.24) is 4.31 Å². The Morgan fingerprint density at radius 2 is 1.79 bits per heavy atom. The van der Waals surface area contributed by atoms with Crippen molar-refractivity contribution in [3.8, 4) is 5.75 Å². The van der Waals surface area contributed by atoms with Crippen molar-refractivity contribution in [2.45, 2.75) is 31.8 Å². The van der Waals surface area contributed by atoms with E-state index in [1.807, 2.05) is 0 Å². The molecule has 1 atom stereocenters. The lowest BCUT2D eigenvalue weighted by Gasteiger charge is -2.31. The number of nitrogens with zero attached hydrogens (tertiary/aromatic N) is 2. The summed E-state index contributed by atoms with van der Waals surface area (Å²) >= 11 is 5.90. The molecule has 1 saturated heterocycles. The number of benzene rings is 2. The van der Waals surface area contributed by atoms with E-state index in [-0.39, 0.29) is 4.90 Å². The average Bonchev–Trinajstić information content (AvgIpc) is 2.81. The van der Waals surface area contributed by atoms with Gasteiger partial charge in [0.2, 0.25) is 10.0 Å². The third kappa shape index (κ3) is 6.17. The minimum absolute atomic E-state index is 0.129. The summed E-state index contributed by atoms with van der Waals surface area (Å²) in [6.07, 6.45) is -0.813. The number of morpholine rings is 1. The second kappa shape index (κ2) is 11.2. The molecule has 1 aliphatic rings. The normalized spacial score (nSPS) is 15.4. The quantitative estimate of drug-likeness (QED) is 0.571. The Hall–Kier alpha value is -2.33. The van der Waals surface area contributed by atoms with Crippen LogP contribution < -0.4 is 15.0 Å². The second-order valence-electron chi connectivity index (χ2n) is 7.57. The van der Waals surface area contributed by atoms with Gasteiger partial charge in [0, 0.05) is 31.2 Å². The molecular formula is C23H30ClN3O5S.